The largest absolute Gasteiger partial charge is 0.480 e. The van der Waals surface area contributed by atoms with Gasteiger partial charge in [0.15, 0.2) is 0 Å². The number of carbonyl (C=O) groups is 4. The van der Waals surface area contributed by atoms with Gasteiger partial charge in [0, 0.05) is 0 Å². The van der Waals surface area contributed by atoms with Gasteiger partial charge in [0.05, 0.1) is 6.04 Å². The topological polar surface area (TPSA) is 137 Å². The molecule has 9 nitrogen and oxygen atoms in total. The number of hydrogen-bond acceptors (Lipinski definition) is 5. The fraction of sp³-hybridized carbons (Fsp3) is 0.789. The molecule has 3 amide bonds. The molecule has 28 heavy (non-hydrogen) atoms. The second-order valence-corrected chi connectivity index (χ2v) is 8.14. The molecule has 5 N–H and O–H groups in total. The minimum atomic E-state index is -1.16. The van der Waals surface area contributed by atoms with E-state index in [1.165, 1.54) is 0 Å². The van der Waals surface area contributed by atoms with E-state index < -0.39 is 36.4 Å². The Balaban J connectivity index is 2.79. The Morgan fingerprint density at radius 3 is 2.00 bits per heavy atom. The Morgan fingerprint density at radius 2 is 1.54 bits per heavy atom. The van der Waals surface area contributed by atoms with Gasteiger partial charge < -0.3 is 26.4 Å². The van der Waals surface area contributed by atoms with Gasteiger partial charge in [-0.2, -0.15) is 0 Å². The molecule has 0 saturated carbocycles. The fourth-order valence-electron chi connectivity index (χ4n) is 3.14. The maximum absolute atomic E-state index is 12.8. The molecule has 3 unspecified atom stereocenters. The highest BCUT2D eigenvalue weighted by Gasteiger charge is 2.30. The molecule has 0 aliphatic carbocycles. The summed E-state index contributed by atoms with van der Waals surface area (Å²) in [6.07, 6.45) is 2.45. The lowest BCUT2D eigenvalue weighted by atomic mass is 9.99. The van der Waals surface area contributed by atoms with Gasteiger partial charge >= 0.3 is 5.97 Å². The summed E-state index contributed by atoms with van der Waals surface area (Å²) in [5, 5.41) is 19.6. The van der Waals surface area contributed by atoms with Gasteiger partial charge in [-0.25, -0.2) is 0 Å². The van der Waals surface area contributed by atoms with Crippen molar-refractivity contribution in [2.75, 3.05) is 13.1 Å². The molecule has 3 atom stereocenters. The zero-order valence-corrected chi connectivity index (χ0v) is 17.2. The van der Waals surface area contributed by atoms with E-state index in [1.807, 2.05) is 27.7 Å². The van der Waals surface area contributed by atoms with Crippen molar-refractivity contribution in [3.8, 4) is 0 Å². The van der Waals surface area contributed by atoms with Crippen LogP contribution in [0, 0.1) is 11.8 Å². The average molecular weight is 399 g/mol. The second-order valence-electron chi connectivity index (χ2n) is 8.14. The minimum Gasteiger partial charge on any atom is -0.480 e. The smallest absolute Gasteiger partial charge is 0.322 e. The normalized spacial score (nSPS) is 18.6. The van der Waals surface area contributed by atoms with Crippen LogP contribution in [-0.2, 0) is 19.2 Å². The molecule has 9 heteroatoms. The zero-order valence-electron chi connectivity index (χ0n) is 17.2. The number of carbonyl (C=O) groups excluding carboxylic acids is 3. The van der Waals surface area contributed by atoms with Crippen LogP contribution in [0.2, 0.25) is 0 Å². The molecular weight excluding hydrogens is 364 g/mol. The summed E-state index contributed by atoms with van der Waals surface area (Å²) in [5.74, 6) is -2.07. The molecule has 1 aliphatic heterocycles. The first-order valence-corrected chi connectivity index (χ1v) is 9.93. The summed E-state index contributed by atoms with van der Waals surface area (Å²) in [4.78, 5) is 48.2. The van der Waals surface area contributed by atoms with Crippen molar-refractivity contribution in [3.05, 3.63) is 0 Å². The predicted octanol–water partition coefficient (Wildman–Crippen LogP) is 0.00100. The Labute approximate surface area is 166 Å². The van der Waals surface area contributed by atoms with Crippen LogP contribution in [0.1, 0.15) is 53.4 Å². The third kappa shape index (κ3) is 8.69. The minimum absolute atomic E-state index is 0.113. The molecule has 0 bridgehead atoms. The van der Waals surface area contributed by atoms with Crippen molar-refractivity contribution < 1.29 is 24.3 Å². The summed E-state index contributed by atoms with van der Waals surface area (Å²) >= 11 is 0. The number of carboxylic acid groups (broad SMARTS) is 1. The lowest BCUT2D eigenvalue weighted by molar-refractivity contribution is -0.138. The van der Waals surface area contributed by atoms with Crippen LogP contribution in [0.25, 0.3) is 0 Å². The van der Waals surface area contributed by atoms with E-state index in [9.17, 15) is 19.2 Å². The van der Waals surface area contributed by atoms with Crippen LogP contribution in [0.4, 0.5) is 0 Å². The second kappa shape index (κ2) is 11.6. The van der Waals surface area contributed by atoms with Crippen molar-refractivity contribution in [1.82, 2.24) is 21.3 Å². The van der Waals surface area contributed by atoms with E-state index in [2.05, 4.69) is 21.3 Å². The number of carboxylic acids is 1. The summed E-state index contributed by atoms with van der Waals surface area (Å²) in [6.45, 7) is 7.98. The van der Waals surface area contributed by atoms with E-state index in [1.54, 1.807) is 0 Å². The van der Waals surface area contributed by atoms with Gasteiger partial charge in [-0.1, -0.05) is 27.7 Å². The maximum Gasteiger partial charge on any atom is 0.322 e. The third-order valence-corrected chi connectivity index (χ3v) is 4.47. The molecule has 1 saturated heterocycles. The van der Waals surface area contributed by atoms with Crippen molar-refractivity contribution in [2.24, 2.45) is 11.8 Å². The zero-order chi connectivity index (χ0) is 21.3. The first kappa shape index (κ1) is 23.9. The Hall–Kier alpha value is -2.16. The molecule has 1 heterocycles. The van der Waals surface area contributed by atoms with Crippen LogP contribution in [0.3, 0.4) is 0 Å². The summed E-state index contributed by atoms with van der Waals surface area (Å²) in [6, 6.07) is -1.91. The molecule has 160 valence electrons. The van der Waals surface area contributed by atoms with Gasteiger partial charge in [-0.3, -0.25) is 19.2 Å². The molecule has 0 spiro atoms. The Kier molecular flexibility index (Phi) is 9.92. The number of hydrogen-bond donors (Lipinski definition) is 5. The van der Waals surface area contributed by atoms with E-state index in [0.717, 1.165) is 19.4 Å². The first-order valence-electron chi connectivity index (χ1n) is 9.93. The van der Waals surface area contributed by atoms with E-state index >= 15 is 0 Å². The molecule has 0 aromatic rings. The van der Waals surface area contributed by atoms with Crippen LogP contribution in [0.15, 0.2) is 0 Å². The lowest BCUT2D eigenvalue weighted by Gasteiger charge is -2.25. The number of nitrogens with one attached hydrogen (secondary N) is 4. The Bertz CT molecular complexity index is 559. The van der Waals surface area contributed by atoms with Crippen molar-refractivity contribution in [1.29, 1.82) is 0 Å². The van der Waals surface area contributed by atoms with E-state index in [4.69, 9.17) is 5.11 Å². The lowest BCUT2D eigenvalue weighted by Crippen LogP contribution is -2.56. The Morgan fingerprint density at radius 1 is 0.964 bits per heavy atom. The van der Waals surface area contributed by atoms with Crippen molar-refractivity contribution >= 4 is 23.7 Å². The highest BCUT2D eigenvalue weighted by molar-refractivity contribution is 5.93. The monoisotopic (exact) mass is 398 g/mol. The maximum atomic E-state index is 12.8. The summed E-state index contributed by atoms with van der Waals surface area (Å²) < 4.78 is 0. The van der Waals surface area contributed by atoms with Gasteiger partial charge in [0.25, 0.3) is 0 Å². The first-order chi connectivity index (χ1) is 13.1. The molecule has 0 aromatic heterocycles. The summed E-state index contributed by atoms with van der Waals surface area (Å²) in [7, 11) is 0. The molecular formula is C19H34N4O5. The van der Waals surface area contributed by atoms with Crippen LogP contribution in [-0.4, -0.2) is 60.0 Å². The molecule has 0 aromatic carbocycles. The number of amides is 3. The van der Waals surface area contributed by atoms with Gasteiger partial charge in [0.1, 0.15) is 18.6 Å². The average Bonchev–Trinajstić information content (AvgIpc) is 3.12. The van der Waals surface area contributed by atoms with Gasteiger partial charge in [-0.05, 0) is 44.1 Å². The molecule has 1 fully saturated rings. The third-order valence-electron chi connectivity index (χ3n) is 4.47. The van der Waals surface area contributed by atoms with Crippen LogP contribution < -0.4 is 21.3 Å². The SMILES string of the molecule is CC(C)CC(NC(=O)C(CC(C)C)NC(=O)C1CCCN1)C(=O)NCC(=O)O. The van der Waals surface area contributed by atoms with Crippen molar-refractivity contribution in [3.63, 3.8) is 0 Å². The quantitative estimate of drug-likeness (QED) is 0.332. The van der Waals surface area contributed by atoms with Gasteiger partial charge in [0.2, 0.25) is 17.7 Å². The van der Waals surface area contributed by atoms with E-state index in [0.29, 0.717) is 12.8 Å². The highest BCUT2D eigenvalue weighted by atomic mass is 16.4. The molecule has 0 radical (unpaired) electrons. The predicted molar refractivity (Wildman–Crippen MR) is 104 cm³/mol. The molecule has 1 rings (SSSR count). The fourth-order valence-corrected chi connectivity index (χ4v) is 3.14. The standard InChI is InChI=1S/C19H34N4O5/c1-11(2)8-14(17(26)21-10-16(24)25)22-19(28)15(9-12(3)4)23-18(27)13-6-5-7-20-13/h11-15,20H,5-10H2,1-4H3,(H,21,26)(H,22,28)(H,23,27)(H,24,25). The number of aliphatic carboxylic acids is 1. The van der Waals surface area contributed by atoms with Gasteiger partial charge in [-0.15, -0.1) is 0 Å². The van der Waals surface area contributed by atoms with Crippen LogP contribution in [0.5, 0.6) is 0 Å². The van der Waals surface area contributed by atoms with Crippen LogP contribution >= 0.6 is 0 Å². The summed E-state index contributed by atoms with van der Waals surface area (Å²) in [5.41, 5.74) is 0. The highest BCUT2D eigenvalue weighted by Crippen LogP contribution is 2.11. The van der Waals surface area contributed by atoms with E-state index in [-0.39, 0.29) is 23.8 Å². The van der Waals surface area contributed by atoms with Crippen molar-refractivity contribution in [2.45, 2.75) is 71.5 Å². The molecule has 1 aliphatic rings. The number of rotatable bonds is 11.